The zero-order valence-corrected chi connectivity index (χ0v) is 37.0. The van der Waals surface area contributed by atoms with Crippen molar-refractivity contribution in [3.63, 3.8) is 0 Å². The smallest absolute Gasteiger partial charge is 0.303 e. The molecule has 60 heavy (non-hydrogen) atoms. The lowest BCUT2D eigenvalue weighted by atomic mass is 9.84. The Morgan fingerprint density at radius 1 is 0.883 bits per heavy atom. The number of hydrogen-bond acceptors (Lipinski definition) is 15. The Morgan fingerprint density at radius 3 is 2.13 bits per heavy atom. The number of nitrogens with zero attached hydrogens (tertiary/aromatic N) is 2. The number of ether oxygens (including phenoxy) is 7. The number of H-pyrrole nitrogens is 1. The normalized spacial score (nSPS) is 24.3. The largest absolute Gasteiger partial charge is 0.463 e. The first-order valence-electron chi connectivity index (χ1n) is 20.1. The van der Waals surface area contributed by atoms with Crippen LogP contribution < -0.4 is 21.3 Å². The molecule has 3 heterocycles. The molecule has 0 unspecified atom stereocenters. The van der Waals surface area contributed by atoms with Crippen LogP contribution in [-0.2, 0) is 57.1 Å². The lowest BCUT2D eigenvalue weighted by molar-refractivity contribution is -0.309. The standard InChI is InChI=1S/C43H63N5O12/c1-23(2)33(45-12)21-36-26(5)32(39(48-36)27(6)35-19-24(3)34(47-35)20-25(4)44-11)13-14-38(53)46-15-16-54-17-18-55-43-42(59-31(10)52)41(58-30(9)51)40(57-29(8)50)37(60-43)22-56-28(7)49/h19-21,26,32,37,40-43,45,47H,13-18,22H2,1-12H3,(H,46,53)/b34-20-,35-27-,36-21-,44-25+/t26-,32-,37+,40+,41-,42+,43+/m0/s1. The summed E-state index contributed by atoms with van der Waals surface area (Å²) in [5.41, 5.74) is 7.06. The van der Waals surface area contributed by atoms with E-state index in [1.54, 1.807) is 7.05 Å². The maximum absolute atomic E-state index is 13.1. The number of rotatable bonds is 19. The third-order valence-corrected chi connectivity index (χ3v) is 10.0. The molecule has 17 heteroatoms. The average Bonchev–Trinajstić information content (AvgIpc) is 3.69. The van der Waals surface area contributed by atoms with E-state index in [1.807, 2.05) is 33.9 Å². The highest BCUT2D eigenvalue weighted by Crippen LogP contribution is 2.37. The number of likely N-dealkylation sites (N-methyl/N-ethyl adjacent to an activating group) is 1. The number of amides is 1. The fourth-order valence-corrected chi connectivity index (χ4v) is 6.92. The second-order valence-corrected chi connectivity index (χ2v) is 15.0. The Bertz CT molecular complexity index is 1960. The molecule has 0 bridgehead atoms. The topological polar surface area (TPSA) is 215 Å². The summed E-state index contributed by atoms with van der Waals surface area (Å²) >= 11 is 0. The quantitative estimate of drug-likeness (QED) is 0.0792. The predicted octanol–water partition coefficient (Wildman–Crippen LogP) is 2.48. The third kappa shape index (κ3) is 14.6. The molecule has 1 aromatic rings. The van der Waals surface area contributed by atoms with Crippen molar-refractivity contribution >= 4 is 52.9 Å². The SMILES string of the molecule is C/N=C(C)/C=c1\[nH]/c(=C(/C)C2=N/C(=C\C(NC)=C(C)C)[C@@H](C)[C@@H]2CCC(=O)NCCOCCO[C@@H]2O[C@H](COC(C)=O)[C@@H](OC(C)=O)[C@H](OC(C)=O)[C@H]2OC(C)=O)cc1C. The highest BCUT2D eigenvalue weighted by Gasteiger charge is 2.52. The van der Waals surface area contributed by atoms with Crippen molar-refractivity contribution in [2.24, 2.45) is 21.8 Å². The van der Waals surface area contributed by atoms with Gasteiger partial charge in [0.1, 0.15) is 12.7 Å². The highest BCUT2D eigenvalue weighted by atomic mass is 16.7. The van der Waals surface area contributed by atoms with Gasteiger partial charge in [-0.25, -0.2) is 0 Å². The zero-order chi connectivity index (χ0) is 44.7. The fraction of sp³-hybridized carbons (Fsp3) is 0.605. The van der Waals surface area contributed by atoms with E-state index in [9.17, 15) is 24.0 Å². The number of nitrogens with one attached hydrogen (secondary N) is 3. The number of hydrogen-bond donors (Lipinski definition) is 3. The Balaban J connectivity index is 1.64. The van der Waals surface area contributed by atoms with Gasteiger partial charge in [-0.05, 0) is 70.4 Å². The molecule has 2 aliphatic rings. The lowest BCUT2D eigenvalue weighted by Gasteiger charge is -2.44. The minimum atomic E-state index is -1.34. The number of carbonyl (C=O) groups is 5. The Labute approximate surface area is 352 Å². The molecule has 332 valence electrons. The van der Waals surface area contributed by atoms with E-state index in [0.29, 0.717) is 6.42 Å². The van der Waals surface area contributed by atoms with E-state index in [2.05, 4.69) is 53.5 Å². The third-order valence-electron chi connectivity index (χ3n) is 10.0. The van der Waals surface area contributed by atoms with E-state index in [0.717, 1.165) is 71.0 Å². The van der Waals surface area contributed by atoms with Gasteiger partial charge in [-0.3, -0.25) is 34.0 Å². The van der Waals surface area contributed by atoms with Crippen LogP contribution in [0.4, 0.5) is 0 Å². The first kappa shape index (κ1) is 49.2. The molecule has 0 spiro atoms. The van der Waals surface area contributed by atoms with Gasteiger partial charge in [0, 0.05) is 100 Å². The Morgan fingerprint density at radius 2 is 1.53 bits per heavy atom. The molecule has 0 aromatic carbocycles. The van der Waals surface area contributed by atoms with E-state index in [1.165, 1.54) is 6.92 Å². The molecule has 7 atom stereocenters. The van der Waals surface area contributed by atoms with Crippen molar-refractivity contribution in [1.29, 1.82) is 0 Å². The summed E-state index contributed by atoms with van der Waals surface area (Å²) in [6, 6.07) is 2.12. The van der Waals surface area contributed by atoms with Gasteiger partial charge in [0.2, 0.25) is 5.91 Å². The van der Waals surface area contributed by atoms with Crippen LogP contribution in [0.2, 0.25) is 0 Å². The summed E-state index contributed by atoms with van der Waals surface area (Å²) in [6.07, 6.45) is -1.45. The molecule has 17 nitrogen and oxygen atoms in total. The number of esters is 4. The molecule has 1 saturated heterocycles. The molecule has 1 amide bonds. The minimum Gasteiger partial charge on any atom is -0.463 e. The summed E-state index contributed by atoms with van der Waals surface area (Å²) in [5, 5.41) is 8.15. The molecule has 0 aliphatic carbocycles. The molecular formula is C43H63N5O12. The van der Waals surface area contributed by atoms with Crippen molar-refractivity contribution in [3.05, 3.63) is 45.4 Å². The monoisotopic (exact) mass is 841 g/mol. The van der Waals surface area contributed by atoms with Crippen LogP contribution in [0.25, 0.3) is 11.6 Å². The van der Waals surface area contributed by atoms with Gasteiger partial charge in [0.15, 0.2) is 24.6 Å². The van der Waals surface area contributed by atoms with Crippen molar-refractivity contribution < 1.29 is 57.1 Å². The molecule has 3 rings (SSSR count). The number of carbonyl (C=O) groups excluding carboxylic acids is 5. The summed E-state index contributed by atoms with van der Waals surface area (Å²) < 4.78 is 38.8. The van der Waals surface area contributed by atoms with E-state index >= 15 is 0 Å². The maximum atomic E-state index is 13.1. The number of aromatic nitrogens is 1. The van der Waals surface area contributed by atoms with Gasteiger partial charge < -0.3 is 48.8 Å². The molecule has 3 N–H and O–H groups in total. The molecule has 0 radical (unpaired) electrons. The van der Waals surface area contributed by atoms with Crippen molar-refractivity contribution in [2.75, 3.05) is 47.1 Å². The maximum Gasteiger partial charge on any atom is 0.303 e. The summed E-state index contributed by atoms with van der Waals surface area (Å²) in [6.45, 7) is 17.0. The van der Waals surface area contributed by atoms with Gasteiger partial charge in [-0.15, -0.1) is 0 Å². The number of aryl methyl sites for hydroxylation is 1. The zero-order valence-electron chi connectivity index (χ0n) is 37.0. The number of aliphatic imine (C=N–C) groups is 2. The second kappa shape index (κ2) is 23.6. The molecule has 1 aromatic heterocycles. The van der Waals surface area contributed by atoms with Crippen LogP contribution in [0.1, 0.15) is 80.7 Å². The minimum absolute atomic E-state index is 0.00294. The molecular weight excluding hydrogens is 778 g/mol. The van der Waals surface area contributed by atoms with Crippen LogP contribution >= 0.6 is 0 Å². The van der Waals surface area contributed by atoms with Gasteiger partial charge in [-0.1, -0.05) is 12.5 Å². The Kier molecular flexibility index (Phi) is 19.4. The lowest BCUT2D eigenvalue weighted by Crippen LogP contribution is -2.63. The summed E-state index contributed by atoms with van der Waals surface area (Å²) in [4.78, 5) is 73.8. The van der Waals surface area contributed by atoms with Gasteiger partial charge in [0.05, 0.1) is 19.8 Å². The van der Waals surface area contributed by atoms with Gasteiger partial charge >= 0.3 is 23.9 Å². The van der Waals surface area contributed by atoms with Crippen molar-refractivity contribution in [2.45, 2.75) is 113 Å². The van der Waals surface area contributed by atoms with Crippen LogP contribution in [0, 0.1) is 18.8 Å². The van der Waals surface area contributed by atoms with Gasteiger partial charge in [-0.2, -0.15) is 0 Å². The van der Waals surface area contributed by atoms with E-state index < -0.39 is 54.6 Å². The van der Waals surface area contributed by atoms with E-state index in [4.69, 9.17) is 38.2 Å². The molecule has 1 fully saturated rings. The van der Waals surface area contributed by atoms with Crippen molar-refractivity contribution in [3.8, 4) is 0 Å². The Hall–Kier alpha value is -5.13. The van der Waals surface area contributed by atoms with E-state index in [-0.39, 0.29) is 57.1 Å². The second-order valence-electron chi connectivity index (χ2n) is 15.0. The number of aromatic amines is 1. The highest BCUT2D eigenvalue weighted by molar-refractivity contribution is 6.20. The van der Waals surface area contributed by atoms with Crippen LogP contribution in [-0.4, -0.2) is 124 Å². The molecule has 0 saturated carbocycles. The first-order chi connectivity index (χ1) is 28.4. The fourth-order valence-electron chi connectivity index (χ4n) is 6.92. The predicted molar refractivity (Wildman–Crippen MR) is 224 cm³/mol. The van der Waals surface area contributed by atoms with Crippen LogP contribution in [0.15, 0.2) is 39.1 Å². The van der Waals surface area contributed by atoms with Crippen molar-refractivity contribution in [1.82, 2.24) is 15.6 Å². The number of allylic oxidation sites excluding steroid dienone is 3. The van der Waals surface area contributed by atoms with Crippen LogP contribution in [0.3, 0.4) is 0 Å². The summed E-state index contributed by atoms with van der Waals surface area (Å²) in [7, 11) is 3.66. The average molecular weight is 842 g/mol. The van der Waals surface area contributed by atoms with Crippen LogP contribution in [0.5, 0.6) is 0 Å². The first-order valence-corrected chi connectivity index (χ1v) is 20.1. The van der Waals surface area contributed by atoms with Gasteiger partial charge in [0.25, 0.3) is 0 Å². The molecule has 2 aliphatic heterocycles. The summed E-state index contributed by atoms with van der Waals surface area (Å²) in [5.74, 6) is -2.91.